The molecule has 2 N–H and O–H groups in total. The van der Waals surface area contributed by atoms with Gasteiger partial charge in [-0.2, -0.15) is 0 Å². The van der Waals surface area contributed by atoms with Crippen molar-refractivity contribution in [3.05, 3.63) is 17.7 Å². The normalized spacial score (nSPS) is 23.2. The first kappa shape index (κ1) is 7.73. The molecule has 3 nitrogen and oxygen atoms in total. The number of nitrogens with one attached hydrogen (secondary N) is 2. The van der Waals surface area contributed by atoms with E-state index in [1.165, 1.54) is 0 Å². The van der Waals surface area contributed by atoms with Crippen molar-refractivity contribution in [2.24, 2.45) is 0 Å². The van der Waals surface area contributed by atoms with Crippen molar-refractivity contribution in [1.82, 2.24) is 15.3 Å². The van der Waals surface area contributed by atoms with Crippen LogP contribution in [-0.2, 0) is 6.67 Å². The number of nitrogens with zero attached hydrogens (tertiary/aromatic N) is 1. The zero-order valence-corrected chi connectivity index (χ0v) is 6.81. The summed E-state index contributed by atoms with van der Waals surface area (Å²) in [6.45, 7) is 1.54. The molecule has 1 unspecified atom stereocenters. The molecule has 1 atom stereocenters. The van der Waals surface area contributed by atoms with Crippen LogP contribution in [0.25, 0.3) is 0 Å². The highest BCUT2D eigenvalue weighted by Gasteiger charge is 2.18. The predicted molar refractivity (Wildman–Crippen MR) is 43.6 cm³/mol. The number of H-pyrrole nitrogens is 1. The van der Waals surface area contributed by atoms with E-state index in [9.17, 15) is 4.39 Å². The third-order valence-corrected chi connectivity index (χ3v) is 2.24. The van der Waals surface area contributed by atoms with Gasteiger partial charge < -0.3 is 10.3 Å². The van der Waals surface area contributed by atoms with Crippen LogP contribution < -0.4 is 5.32 Å². The molecule has 0 radical (unpaired) electrons. The molecule has 1 aliphatic rings. The fourth-order valence-corrected chi connectivity index (χ4v) is 1.54. The predicted octanol–water partition coefficient (Wildman–Crippen LogP) is 0.956. The van der Waals surface area contributed by atoms with E-state index in [0.717, 1.165) is 25.3 Å². The molecule has 12 heavy (non-hydrogen) atoms. The standard InChI is InChI=1S/C8H12FN3/c9-3-7-5-11-8(12-7)6-1-2-10-4-6/h5-6,10H,1-4H2,(H,11,12). The molecule has 0 aromatic carbocycles. The minimum absolute atomic E-state index is 0.449. The fourth-order valence-electron chi connectivity index (χ4n) is 1.54. The van der Waals surface area contributed by atoms with Gasteiger partial charge in [0.15, 0.2) is 0 Å². The van der Waals surface area contributed by atoms with E-state index in [1.807, 2.05) is 0 Å². The number of halogens is 1. The van der Waals surface area contributed by atoms with E-state index in [1.54, 1.807) is 6.20 Å². The number of hydrogen-bond acceptors (Lipinski definition) is 2. The second-order valence-electron chi connectivity index (χ2n) is 3.12. The molecule has 0 bridgehead atoms. The van der Waals surface area contributed by atoms with Gasteiger partial charge in [0.2, 0.25) is 0 Å². The lowest BCUT2D eigenvalue weighted by Crippen LogP contribution is -2.08. The lowest BCUT2D eigenvalue weighted by atomic mass is 10.1. The Morgan fingerprint density at radius 3 is 3.17 bits per heavy atom. The minimum atomic E-state index is -0.451. The van der Waals surface area contributed by atoms with Crippen LogP contribution >= 0.6 is 0 Å². The lowest BCUT2D eigenvalue weighted by Gasteiger charge is -2.02. The SMILES string of the molecule is FCc1cnc(C2CCNC2)[nH]1. The number of imidazole rings is 1. The Kier molecular flexibility index (Phi) is 2.08. The van der Waals surface area contributed by atoms with Crippen LogP contribution in [0.2, 0.25) is 0 Å². The molecule has 2 heterocycles. The molecule has 2 rings (SSSR count). The highest BCUT2D eigenvalue weighted by molar-refractivity contribution is 5.06. The summed E-state index contributed by atoms with van der Waals surface area (Å²) in [4.78, 5) is 7.11. The van der Waals surface area contributed by atoms with Crippen molar-refractivity contribution in [2.75, 3.05) is 13.1 Å². The molecule has 1 aromatic rings. The van der Waals surface area contributed by atoms with Crippen molar-refractivity contribution in [3.63, 3.8) is 0 Å². The fraction of sp³-hybridized carbons (Fsp3) is 0.625. The van der Waals surface area contributed by atoms with Gasteiger partial charge in [-0.05, 0) is 13.0 Å². The third kappa shape index (κ3) is 1.34. The molecule has 0 amide bonds. The van der Waals surface area contributed by atoms with Gasteiger partial charge in [-0.25, -0.2) is 9.37 Å². The molecule has 4 heteroatoms. The van der Waals surface area contributed by atoms with Gasteiger partial charge in [0.05, 0.1) is 11.9 Å². The highest BCUT2D eigenvalue weighted by atomic mass is 19.1. The maximum Gasteiger partial charge on any atom is 0.131 e. The molecule has 66 valence electrons. The van der Waals surface area contributed by atoms with E-state index in [2.05, 4.69) is 15.3 Å². The van der Waals surface area contributed by atoms with Gasteiger partial charge in [-0.15, -0.1) is 0 Å². The Hall–Kier alpha value is -0.900. The summed E-state index contributed by atoms with van der Waals surface area (Å²) < 4.78 is 12.1. The van der Waals surface area contributed by atoms with Crippen molar-refractivity contribution in [1.29, 1.82) is 0 Å². The Morgan fingerprint density at radius 1 is 1.67 bits per heavy atom. The second-order valence-corrected chi connectivity index (χ2v) is 3.12. The zero-order valence-electron chi connectivity index (χ0n) is 6.81. The smallest absolute Gasteiger partial charge is 0.131 e. The summed E-state index contributed by atoms with van der Waals surface area (Å²) in [6.07, 6.45) is 2.67. The molecule has 1 aromatic heterocycles. The number of aromatic nitrogens is 2. The molecule has 1 fully saturated rings. The van der Waals surface area contributed by atoms with Gasteiger partial charge in [-0.1, -0.05) is 0 Å². The Balaban J connectivity index is 2.11. The summed E-state index contributed by atoms with van der Waals surface area (Å²) in [7, 11) is 0. The Labute approximate surface area is 70.4 Å². The van der Waals surface area contributed by atoms with Crippen LogP contribution in [-0.4, -0.2) is 23.1 Å². The zero-order chi connectivity index (χ0) is 8.39. The Bertz CT molecular complexity index is 253. The summed E-state index contributed by atoms with van der Waals surface area (Å²) in [5, 5.41) is 3.24. The molecular formula is C8H12FN3. The van der Waals surface area contributed by atoms with E-state index in [-0.39, 0.29) is 0 Å². The minimum Gasteiger partial charge on any atom is -0.343 e. The molecule has 1 saturated heterocycles. The van der Waals surface area contributed by atoms with E-state index < -0.39 is 6.67 Å². The average molecular weight is 169 g/mol. The summed E-state index contributed by atoms with van der Waals surface area (Å²) in [5.41, 5.74) is 0.580. The Morgan fingerprint density at radius 2 is 2.58 bits per heavy atom. The van der Waals surface area contributed by atoms with Crippen molar-refractivity contribution >= 4 is 0 Å². The van der Waals surface area contributed by atoms with Crippen molar-refractivity contribution in [3.8, 4) is 0 Å². The lowest BCUT2D eigenvalue weighted by molar-refractivity contribution is 0.476. The monoisotopic (exact) mass is 169 g/mol. The average Bonchev–Trinajstić information content (AvgIpc) is 2.75. The van der Waals surface area contributed by atoms with E-state index in [4.69, 9.17) is 0 Å². The molecule has 0 saturated carbocycles. The molecule has 0 aliphatic carbocycles. The summed E-state index contributed by atoms with van der Waals surface area (Å²) >= 11 is 0. The topological polar surface area (TPSA) is 40.7 Å². The van der Waals surface area contributed by atoms with E-state index >= 15 is 0 Å². The highest BCUT2D eigenvalue weighted by Crippen LogP contribution is 2.19. The molecule has 1 aliphatic heterocycles. The van der Waals surface area contributed by atoms with Gasteiger partial charge in [0.25, 0.3) is 0 Å². The van der Waals surface area contributed by atoms with Gasteiger partial charge in [-0.3, -0.25) is 0 Å². The summed E-state index contributed by atoms with van der Waals surface area (Å²) in [6, 6.07) is 0. The third-order valence-electron chi connectivity index (χ3n) is 2.24. The summed E-state index contributed by atoms with van der Waals surface area (Å²) in [5.74, 6) is 1.37. The van der Waals surface area contributed by atoms with Gasteiger partial charge >= 0.3 is 0 Å². The van der Waals surface area contributed by atoms with Crippen LogP contribution in [0.5, 0.6) is 0 Å². The quantitative estimate of drug-likeness (QED) is 0.692. The van der Waals surface area contributed by atoms with Crippen molar-refractivity contribution < 1.29 is 4.39 Å². The van der Waals surface area contributed by atoms with Crippen LogP contribution in [0, 0.1) is 0 Å². The second kappa shape index (κ2) is 3.23. The number of aromatic amines is 1. The molecule has 0 spiro atoms. The maximum atomic E-state index is 12.1. The number of hydrogen-bond donors (Lipinski definition) is 2. The van der Waals surface area contributed by atoms with Crippen LogP contribution in [0.15, 0.2) is 6.20 Å². The van der Waals surface area contributed by atoms with Gasteiger partial charge in [0, 0.05) is 12.5 Å². The van der Waals surface area contributed by atoms with Crippen LogP contribution in [0.1, 0.15) is 23.9 Å². The first-order valence-corrected chi connectivity index (χ1v) is 4.20. The first-order chi connectivity index (χ1) is 5.90. The number of rotatable bonds is 2. The number of alkyl halides is 1. The largest absolute Gasteiger partial charge is 0.343 e. The maximum absolute atomic E-state index is 12.1. The van der Waals surface area contributed by atoms with Crippen LogP contribution in [0.4, 0.5) is 4.39 Å². The van der Waals surface area contributed by atoms with Crippen LogP contribution in [0.3, 0.4) is 0 Å². The molecular weight excluding hydrogens is 157 g/mol. The van der Waals surface area contributed by atoms with Crippen molar-refractivity contribution in [2.45, 2.75) is 19.0 Å². The van der Waals surface area contributed by atoms with Gasteiger partial charge in [0.1, 0.15) is 12.5 Å². The van der Waals surface area contributed by atoms with E-state index in [0.29, 0.717) is 11.6 Å². The first-order valence-electron chi connectivity index (χ1n) is 4.20.